The summed E-state index contributed by atoms with van der Waals surface area (Å²) < 4.78 is 28.9. The van der Waals surface area contributed by atoms with Crippen LogP contribution < -0.4 is 20.7 Å². The Labute approximate surface area is 379 Å². The second-order valence-electron chi connectivity index (χ2n) is 21.0. The number of fused-ring (bicyclic) bond motifs is 2. The van der Waals surface area contributed by atoms with Gasteiger partial charge in [0, 0.05) is 31.3 Å². The van der Waals surface area contributed by atoms with Crippen LogP contribution in [0.25, 0.3) is 0 Å². The van der Waals surface area contributed by atoms with Gasteiger partial charge in [-0.1, -0.05) is 183 Å². The van der Waals surface area contributed by atoms with Crippen LogP contribution in [-0.2, 0) is 27.9 Å². The summed E-state index contributed by atoms with van der Waals surface area (Å²) in [6, 6.07) is 43.0. The highest BCUT2D eigenvalue weighted by Crippen LogP contribution is 2.63. The fraction of sp³-hybridized carbons (Fsp3) is 0.455. The highest BCUT2D eigenvalue weighted by molar-refractivity contribution is 7.00. The van der Waals surface area contributed by atoms with Crippen molar-refractivity contribution in [2.45, 2.75) is 135 Å². The number of rotatable bonds is 16. The maximum absolute atomic E-state index is 13.3. The van der Waals surface area contributed by atoms with E-state index >= 15 is 0 Å². The molecule has 2 fully saturated rings. The molecule has 4 aromatic carbocycles. The molecule has 3 aliphatic rings. The lowest BCUT2D eigenvalue weighted by Crippen LogP contribution is -2.69. The molecule has 6 atom stereocenters. The number of esters is 1. The van der Waals surface area contributed by atoms with Crippen LogP contribution in [0.2, 0.25) is 10.1 Å². The number of carbonyl (C=O) groups is 2. The molecule has 4 aromatic rings. The van der Waals surface area contributed by atoms with Gasteiger partial charge in [0.05, 0.1) is 12.2 Å². The molecule has 2 aliphatic heterocycles. The van der Waals surface area contributed by atoms with Gasteiger partial charge in [0.1, 0.15) is 11.9 Å². The van der Waals surface area contributed by atoms with Crippen molar-refractivity contribution >= 4 is 49.6 Å². The molecular weight excluding hydrogens is 813 g/mol. The molecule has 63 heavy (non-hydrogen) atoms. The van der Waals surface area contributed by atoms with Crippen molar-refractivity contribution in [1.29, 1.82) is 0 Å². The van der Waals surface area contributed by atoms with Crippen LogP contribution in [0.4, 0.5) is 0 Å². The highest BCUT2D eigenvalue weighted by atomic mass is 28.4. The molecule has 2 saturated heterocycles. The Balaban J connectivity index is 1.17. The molecule has 2 heterocycles. The van der Waals surface area contributed by atoms with Crippen LogP contribution in [0.5, 0.6) is 0 Å². The molecule has 1 unspecified atom stereocenters. The van der Waals surface area contributed by atoms with Crippen molar-refractivity contribution in [3.63, 3.8) is 0 Å². The van der Waals surface area contributed by atoms with E-state index in [1.165, 1.54) is 27.7 Å². The second kappa shape index (κ2) is 18.4. The van der Waals surface area contributed by atoms with Gasteiger partial charge in [-0.15, -0.1) is 6.58 Å². The van der Waals surface area contributed by atoms with Gasteiger partial charge in [-0.05, 0) is 80.0 Å². The minimum absolute atomic E-state index is 0.100. The van der Waals surface area contributed by atoms with Gasteiger partial charge in [-0.25, -0.2) is 0 Å². The summed E-state index contributed by atoms with van der Waals surface area (Å²) in [5.41, 5.74) is 0.245. The molecule has 2 bridgehead atoms. The summed E-state index contributed by atoms with van der Waals surface area (Å²) in [7, 11) is -5.64. The average molecular weight is 883 g/mol. The fourth-order valence-corrected chi connectivity index (χ4v) is 21.3. The predicted octanol–water partition coefficient (Wildman–Crippen LogP) is 9.89. The van der Waals surface area contributed by atoms with Crippen molar-refractivity contribution < 1.29 is 27.9 Å². The van der Waals surface area contributed by atoms with Gasteiger partial charge in [0.25, 0.3) is 16.6 Å². The first-order chi connectivity index (χ1) is 30.0. The normalized spacial score (nSPS) is 24.2. The van der Waals surface area contributed by atoms with Crippen molar-refractivity contribution in [2.24, 2.45) is 17.3 Å². The summed E-state index contributed by atoms with van der Waals surface area (Å²) in [6.45, 7) is 24.7. The number of hydrogen-bond acceptors (Lipinski definition) is 6. The van der Waals surface area contributed by atoms with Crippen molar-refractivity contribution in [3.8, 4) is 0 Å². The third-order valence-corrected chi connectivity index (χ3v) is 24.8. The van der Waals surface area contributed by atoms with Crippen molar-refractivity contribution in [1.82, 2.24) is 0 Å². The van der Waals surface area contributed by atoms with Crippen LogP contribution in [-0.4, -0.2) is 59.4 Å². The fourth-order valence-electron chi connectivity index (χ4n) is 12.0. The molecule has 6 nitrogen and oxygen atoms in total. The molecule has 334 valence electrons. The average Bonchev–Trinajstić information content (AvgIpc) is 3.75. The number of benzene rings is 4. The van der Waals surface area contributed by atoms with Crippen LogP contribution in [0.3, 0.4) is 0 Å². The zero-order valence-corrected chi connectivity index (χ0v) is 41.2. The summed E-state index contributed by atoms with van der Waals surface area (Å²) in [6.07, 6.45) is 6.13. The number of ether oxygens (including phenoxy) is 2. The molecular formula is C55H70O6Si2. The molecule has 0 radical (unpaired) electrons. The molecule has 0 aromatic heterocycles. The van der Waals surface area contributed by atoms with Crippen LogP contribution in [0, 0.1) is 17.3 Å². The van der Waals surface area contributed by atoms with E-state index in [9.17, 15) is 9.59 Å². The van der Waals surface area contributed by atoms with Gasteiger partial charge < -0.3 is 18.3 Å². The van der Waals surface area contributed by atoms with Gasteiger partial charge in [-0.3, -0.25) is 9.59 Å². The second-order valence-corrected chi connectivity index (χ2v) is 29.5. The van der Waals surface area contributed by atoms with Crippen LogP contribution >= 0.6 is 0 Å². The van der Waals surface area contributed by atoms with E-state index in [0.29, 0.717) is 31.8 Å². The van der Waals surface area contributed by atoms with Crippen LogP contribution in [0.1, 0.15) is 101 Å². The van der Waals surface area contributed by atoms with Gasteiger partial charge in [-0.2, -0.15) is 0 Å². The largest absolute Gasteiger partial charge is 0.455 e. The van der Waals surface area contributed by atoms with E-state index in [-0.39, 0.29) is 28.2 Å². The number of hydrogen-bond donors (Lipinski definition) is 0. The first kappa shape index (κ1) is 46.8. The topological polar surface area (TPSA) is 71.1 Å². The zero-order valence-electron chi connectivity index (χ0n) is 39.2. The monoisotopic (exact) mass is 882 g/mol. The minimum Gasteiger partial charge on any atom is -0.455 e. The molecule has 0 N–H and O–H groups in total. The van der Waals surface area contributed by atoms with E-state index in [4.69, 9.17) is 18.3 Å². The Morgan fingerprint density at radius 1 is 0.794 bits per heavy atom. The van der Waals surface area contributed by atoms with Crippen molar-refractivity contribution in [3.05, 3.63) is 145 Å². The quantitative estimate of drug-likeness (QED) is 0.0367. The summed E-state index contributed by atoms with van der Waals surface area (Å²) in [5, 5.41) is 4.62. The van der Waals surface area contributed by atoms with Crippen molar-refractivity contribution in [2.75, 3.05) is 6.61 Å². The van der Waals surface area contributed by atoms with E-state index < -0.39 is 39.7 Å². The minimum atomic E-state index is -2.98. The Morgan fingerprint density at radius 3 is 1.70 bits per heavy atom. The highest BCUT2D eigenvalue weighted by Gasteiger charge is 2.72. The van der Waals surface area contributed by atoms with E-state index in [0.717, 1.165) is 36.7 Å². The van der Waals surface area contributed by atoms with Crippen LogP contribution in [0.15, 0.2) is 145 Å². The third kappa shape index (κ3) is 8.47. The lowest BCUT2D eigenvalue weighted by atomic mass is 9.59. The van der Waals surface area contributed by atoms with E-state index in [1.807, 2.05) is 6.08 Å². The molecule has 0 spiro atoms. The van der Waals surface area contributed by atoms with Gasteiger partial charge in [0.15, 0.2) is 6.10 Å². The maximum Gasteiger partial charge on any atom is 0.303 e. The summed E-state index contributed by atoms with van der Waals surface area (Å²) in [4.78, 5) is 26.5. The first-order valence-corrected chi connectivity index (χ1v) is 27.0. The van der Waals surface area contributed by atoms with E-state index in [1.54, 1.807) is 0 Å². The molecule has 8 heteroatoms. The zero-order chi connectivity index (χ0) is 45.3. The molecule has 0 amide bonds. The number of carbonyl (C=O) groups excluding carboxylic acids is 2. The Hall–Kier alpha value is -4.19. The van der Waals surface area contributed by atoms with Gasteiger partial charge in [0.2, 0.25) is 0 Å². The number of aldehydes is 1. The molecule has 0 saturated carbocycles. The Bertz CT molecular complexity index is 2150. The maximum atomic E-state index is 13.3. The van der Waals surface area contributed by atoms with Gasteiger partial charge >= 0.3 is 5.97 Å². The Morgan fingerprint density at radius 2 is 1.27 bits per heavy atom. The first-order valence-electron chi connectivity index (χ1n) is 23.1. The standard InChI is InChI=1S/C55H70O6Si2/c1-11-49-54(9,10)51-48(61-63(53(6,7)8,45-30-20-14-21-31-45)46-32-22-15-23-33-46)38-55(49,60-51)50(59-40(2)57)47-35-34-41(37-42(47)39-56)25-24-36-58-62(52(3,4)5,43-26-16-12-17-27-43)44-28-18-13-19-29-44/h11-23,26-33,39,41,48-51H,1,24-25,34-38H2,2-10H3/t41?,48-,49-,50-,51-,55+/m0/s1. The smallest absolute Gasteiger partial charge is 0.303 e. The Kier molecular flexibility index (Phi) is 13.6. The predicted molar refractivity (Wildman–Crippen MR) is 261 cm³/mol. The SMILES string of the molecule is C=C[C@H]1C(C)(C)[C@H]2O[C@]1([C@@H](OC(C)=O)C1=C(C=O)CC(CCCO[Si](c3ccccc3)(c3ccccc3)C(C)(C)C)CC1)C[C@@H]2O[Si](c1ccccc1)(c1ccccc1)C(C)(C)C. The molecule has 1 aliphatic carbocycles. The lowest BCUT2D eigenvalue weighted by Gasteiger charge is -2.50. The number of allylic oxidation sites excluding steroid dienone is 1. The summed E-state index contributed by atoms with van der Waals surface area (Å²) >= 11 is 0. The van der Waals surface area contributed by atoms with E-state index in [2.05, 4.69) is 183 Å². The molecule has 7 rings (SSSR count). The summed E-state index contributed by atoms with van der Waals surface area (Å²) in [5.74, 6) is -0.250. The lowest BCUT2D eigenvalue weighted by molar-refractivity contribution is -0.161. The third-order valence-electron chi connectivity index (χ3n) is 14.7.